The van der Waals surface area contributed by atoms with Gasteiger partial charge >= 0.3 is 0 Å². The standard InChI is InChI=1S/C89H103N/c1-11(2)23(17-7-20-26(17)38-30-14-5-4-13(14)29(30)33(20)38)18-8-21-27(18)39-34(21)43-47(39)54-51(43)46-37-25-12(3)24(36(25)45(37)53(46)54)19-9-22-28(19)40-35(22)44-48(40)74-52(44)76-78(74)82-80(76)84-86(82)89(10-90)87-83-79-75-72-70-68-66-64-62-60-58-56-50-42-32-16-6-15(16)31(32)41(42)49(50)55(56)57(58)59(60)61(62)63(64)65(66)67(68)69(70)71(72)73(75)77(79)81(83)85(87)88(84)89/h11-88H,4-10,90H2,1-3H3. The molecule has 90 heavy (non-hydrogen) atoms. The van der Waals surface area contributed by atoms with E-state index in [0.29, 0.717) is 5.41 Å². The molecule has 2 N–H and O–H groups in total. The predicted octanol–water partition coefficient (Wildman–Crippen LogP) is 12.9. The highest BCUT2D eigenvalue weighted by molar-refractivity contribution is 5.50. The molecular weight excluding hydrogens is 1080 g/mol. The number of rotatable bonds is 5. The Labute approximate surface area is 535 Å². The molecule has 78 atom stereocenters. The summed E-state index contributed by atoms with van der Waals surface area (Å²) in [5.74, 6) is 98.0. The lowest BCUT2D eigenvalue weighted by molar-refractivity contribution is -0.567. The minimum absolute atomic E-state index is 0.691. The second kappa shape index (κ2) is 11.3. The Bertz CT molecular complexity index is 3930. The van der Waals surface area contributed by atoms with Crippen LogP contribution < -0.4 is 5.73 Å². The average Bonchev–Trinajstić information content (AvgIpc) is 0.734. The maximum absolute atomic E-state index is 7.37. The van der Waals surface area contributed by atoms with E-state index in [4.69, 9.17) is 5.73 Å². The van der Waals surface area contributed by atoms with Gasteiger partial charge in [-0.25, -0.2) is 0 Å². The van der Waals surface area contributed by atoms with Crippen molar-refractivity contribution in [1.82, 2.24) is 0 Å². The van der Waals surface area contributed by atoms with E-state index >= 15 is 0 Å². The van der Waals surface area contributed by atoms with Crippen LogP contribution in [0.3, 0.4) is 0 Å². The maximum atomic E-state index is 7.37. The van der Waals surface area contributed by atoms with Crippen molar-refractivity contribution >= 4 is 0 Å². The molecule has 0 radical (unpaired) electrons. The summed E-state index contributed by atoms with van der Waals surface area (Å²) in [5.41, 5.74) is 8.06. The summed E-state index contributed by atoms with van der Waals surface area (Å²) in [6, 6.07) is 0. The Balaban J connectivity index is 0.320. The van der Waals surface area contributed by atoms with Crippen molar-refractivity contribution < 1.29 is 0 Å². The summed E-state index contributed by atoms with van der Waals surface area (Å²) in [7, 11) is 0. The monoisotopic (exact) mass is 1190 g/mol. The summed E-state index contributed by atoms with van der Waals surface area (Å²) in [5, 5.41) is 0. The lowest BCUT2D eigenvalue weighted by Gasteiger charge is -3.03. The molecule has 0 spiro atoms. The molecule has 78 unspecified atom stereocenters. The van der Waals surface area contributed by atoms with Crippen LogP contribution in [0.4, 0.5) is 0 Å². The maximum Gasteiger partial charge on any atom is -0.00119 e. The smallest absolute Gasteiger partial charge is 0.00119 e. The van der Waals surface area contributed by atoms with Gasteiger partial charge in [0.1, 0.15) is 0 Å². The molecule has 39 aliphatic carbocycles. The Morgan fingerprint density at radius 3 is 0.844 bits per heavy atom. The fraction of sp³-hybridized carbons (Fsp3) is 1.00. The predicted molar refractivity (Wildman–Crippen MR) is 328 cm³/mol. The minimum Gasteiger partial charge on any atom is -0.330 e. The van der Waals surface area contributed by atoms with E-state index in [0.717, 1.165) is 42.1 Å². The van der Waals surface area contributed by atoms with Crippen LogP contribution in [0.5, 0.6) is 0 Å². The van der Waals surface area contributed by atoms with Gasteiger partial charge in [0.15, 0.2) is 0 Å². The summed E-state index contributed by atoms with van der Waals surface area (Å²) < 4.78 is 0. The van der Waals surface area contributed by atoms with Gasteiger partial charge in [-0.2, -0.15) is 0 Å². The number of hydrogen-bond acceptors (Lipinski definition) is 1. The van der Waals surface area contributed by atoms with Gasteiger partial charge in [0.05, 0.1) is 0 Å². The fourth-order valence-corrected chi connectivity index (χ4v) is 55.8. The zero-order valence-corrected chi connectivity index (χ0v) is 54.1. The van der Waals surface area contributed by atoms with Crippen LogP contribution in [0.2, 0.25) is 0 Å². The molecule has 1 nitrogen and oxygen atoms in total. The van der Waals surface area contributed by atoms with Crippen molar-refractivity contribution in [3.05, 3.63) is 0 Å². The van der Waals surface area contributed by atoms with Crippen LogP contribution >= 0.6 is 0 Å². The van der Waals surface area contributed by atoms with Crippen molar-refractivity contribution in [3.63, 3.8) is 0 Å². The highest BCUT2D eigenvalue weighted by atomic mass is 15.1. The van der Waals surface area contributed by atoms with Gasteiger partial charge in [-0.15, -0.1) is 0 Å². The number of hydrogen-bond donors (Lipinski definition) is 1. The molecule has 0 bridgehead atoms. The van der Waals surface area contributed by atoms with Crippen LogP contribution in [-0.2, 0) is 0 Å². The van der Waals surface area contributed by atoms with Gasteiger partial charge in [0.25, 0.3) is 0 Å². The first-order valence-electron chi connectivity index (χ1n) is 44.3. The lowest BCUT2D eigenvalue weighted by Crippen LogP contribution is -3.01. The normalized spacial score (nSPS) is 96.1. The van der Waals surface area contributed by atoms with Gasteiger partial charge in [0, 0.05) is 0 Å². The molecule has 39 fully saturated rings. The summed E-state index contributed by atoms with van der Waals surface area (Å²) >= 11 is 0. The molecule has 39 rings (SSSR count). The van der Waals surface area contributed by atoms with Gasteiger partial charge in [-0.05, 0) is 512 Å². The molecule has 0 aliphatic heterocycles. The first-order valence-corrected chi connectivity index (χ1v) is 44.3. The third kappa shape index (κ3) is 2.94. The molecule has 39 aliphatic rings. The van der Waals surface area contributed by atoms with Crippen LogP contribution in [0.25, 0.3) is 0 Å². The van der Waals surface area contributed by atoms with E-state index < -0.39 is 0 Å². The lowest BCUT2D eigenvalue weighted by atomic mass is 9.01. The summed E-state index contributed by atoms with van der Waals surface area (Å²) in [6.07, 6.45) is 10.2. The van der Waals surface area contributed by atoms with Crippen LogP contribution in [0.1, 0.15) is 59.3 Å². The molecule has 0 saturated heterocycles. The molecule has 0 heterocycles. The minimum atomic E-state index is 0.691. The number of fused-ring (bicyclic) bond motifs is 102. The second-order valence-corrected chi connectivity index (χ2v) is 49.5. The molecule has 464 valence electrons. The third-order valence-corrected chi connectivity index (χ3v) is 54.9. The van der Waals surface area contributed by atoms with Crippen molar-refractivity contribution in [3.8, 4) is 0 Å². The zero-order chi connectivity index (χ0) is 54.5. The van der Waals surface area contributed by atoms with E-state index in [9.17, 15) is 0 Å². The van der Waals surface area contributed by atoms with E-state index in [-0.39, 0.29) is 0 Å². The van der Waals surface area contributed by atoms with Crippen LogP contribution in [0.15, 0.2) is 0 Å². The molecular formula is C89H103N. The van der Waals surface area contributed by atoms with E-state index in [1.54, 1.807) is 38.5 Å². The first kappa shape index (κ1) is 43.5. The van der Waals surface area contributed by atoms with Gasteiger partial charge in [-0.3, -0.25) is 0 Å². The molecule has 0 amide bonds. The van der Waals surface area contributed by atoms with Crippen molar-refractivity contribution in [1.29, 1.82) is 0 Å². The zero-order valence-electron chi connectivity index (χ0n) is 54.1. The number of nitrogens with two attached hydrogens (primary N) is 1. The van der Waals surface area contributed by atoms with E-state index in [1.807, 2.05) is 0 Å². The Kier molecular flexibility index (Phi) is 5.45. The Morgan fingerprint density at radius 2 is 0.467 bits per heavy atom. The highest BCUT2D eigenvalue weighted by Gasteiger charge is 3.03. The SMILES string of the molecule is CC(C)C(C1CC2C1C1C3C4CCC4C3C21)C1CC2C1C1C2C2C1C1C2C2C3C4C(C)C(C5CC6C5C5C6C6C5C5C6C6C5C5C6C6C5C5(CN)C7C8C9C%10C%11C%12C%13C%14C%15C%16C%17C%18C%19C%20C%21C%22C%23CC%23C%22C%21C%20C%19C%18C%17C%16C%15C%14C%13C%12C%11C%10C9C8C7C65)C4C3C21. The Morgan fingerprint density at radius 1 is 0.233 bits per heavy atom. The Hall–Kier alpha value is -0.0400. The van der Waals surface area contributed by atoms with Crippen molar-refractivity contribution in [2.24, 2.45) is 473 Å². The first-order chi connectivity index (χ1) is 44.6. The molecule has 39 saturated carbocycles. The van der Waals surface area contributed by atoms with Crippen molar-refractivity contribution in [2.45, 2.75) is 59.3 Å². The topological polar surface area (TPSA) is 26.0 Å². The van der Waals surface area contributed by atoms with Crippen molar-refractivity contribution in [2.75, 3.05) is 6.54 Å². The second-order valence-electron chi connectivity index (χ2n) is 49.5. The largest absolute Gasteiger partial charge is 0.330 e. The highest BCUT2D eigenvalue weighted by Crippen LogP contribution is 3.06. The van der Waals surface area contributed by atoms with Gasteiger partial charge in [-0.1, -0.05) is 20.8 Å². The molecule has 0 aromatic carbocycles. The van der Waals surface area contributed by atoms with Gasteiger partial charge < -0.3 is 5.73 Å². The van der Waals surface area contributed by atoms with E-state index in [1.165, 1.54) is 426 Å². The summed E-state index contributed by atoms with van der Waals surface area (Å²) in [4.78, 5) is 0. The third-order valence-electron chi connectivity index (χ3n) is 54.9. The van der Waals surface area contributed by atoms with Gasteiger partial charge in [0.2, 0.25) is 0 Å². The molecule has 0 aromatic heterocycles. The van der Waals surface area contributed by atoms with Crippen LogP contribution in [0, 0.1) is 467 Å². The quantitative estimate of drug-likeness (QED) is 0.273. The fourth-order valence-electron chi connectivity index (χ4n) is 55.8. The molecule has 1 heteroatoms. The van der Waals surface area contributed by atoms with Crippen LogP contribution in [-0.4, -0.2) is 6.54 Å². The summed E-state index contributed by atoms with van der Waals surface area (Å²) in [6.45, 7) is 9.49. The van der Waals surface area contributed by atoms with E-state index in [2.05, 4.69) is 20.8 Å². The average molecular weight is 1190 g/mol. The molecule has 0 aromatic rings.